The molecule has 2 fully saturated rings. The third kappa shape index (κ3) is 17.5. The molecular formula is C48H61F3N8O10. The van der Waals surface area contributed by atoms with E-state index < -0.39 is 42.0 Å². The lowest BCUT2D eigenvalue weighted by Crippen LogP contribution is -2.50. The zero-order valence-electron chi connectivity index (χ0n) is 38.4. The van der Waals surface area contributed by atoms with Crippen molar-refractivity contribution in [1.29, 1.82) is 5.26 Å². The van der Waals surface area contributed by atoms with Gasteiger partial charge in [-0.2, -0.15) is 18.4 Å². The van der Waals surface area contributed by atoms with E-state index in [4.69, 9.17) is 4.74 Å². The summed E-state index contributed by atoms with van der Waals surface area (Å²) in [7, 11) is 0. The van der Waals surface area contributed by atoms with E-state index in [2.05, 4.69) is 16.4 Å². The van der Waals surface area contributed by atoms with Gasteiger partial charge in [-0.3, -0.25) is 48.7 Å². The van der Waals surface area contributed by atoms with E-state index >= 15 is 0 Å². The lowest BCUT2D eigenvalue weighted by Gasteiger charge is -2.33. The van der Waals surface area contributed by atoms with Gasteiger partial charge in [0.25, 0.3) is 0 Å². The van der Waals surface area contributed by atoms with Crippen LogP contribution in [-0.2, 0) is 31.9 Å². The minimum absolute atomic E-state index is 0.0426. The summed E-state index contributed by atoms with van der Waals surface area (Å²) in [5.74, 6) is -3.37. The number of unbranched alkanes of at least 4 members (excludes halogenated alkanes) is 1. The summed E-state index contributed by atoms with van der Waals surface area (Å²) in [6.45, 7) is 2.05. The second-order valence-corrected chi connectivity index (χ2v) is 17.1. The normalized spacial score (nSPS) is 17.8. The number of nitriles is 1. The number of carbonyl (C=O) groups excluding carboxylic acids is 1. The predicted molar refractivity (Wildman–Crippen MR) is 247 cm³/mol. The first-order chi connectivity index (χ1) is 33.0. The second kappa shape index (κ2) is 26.7. The molecule has 69 heavy (non-hydrogen) atoms. The Kier molecular flexibility index (Phi) is 20.9. The SMILES string of the molecule is N#Cc1c(-c2ccccc2)ccnc1/C=C/c1cc(OCCCCNC(=O)CN2CCN(CC(=O)O)CCN(CC(=O)O)CCN(CC(O)O)CC2)c(CN2CCCC[C@H]2C(=O)O)cc1C(F)(F)F. The second-order valence-electron chi connectivity index (χ2n) is 17.1. The molecule has 2 aliphatic heterocycles. The van der Waals surface area contributed by atoms with Crippen molar-refractivity contribution in [3.63, 3.8) is 0 Å². The number of β-amino-alcohol motifs (C(OH)–C–C–N with tert-alkyl or cyclic N) is 2. The van der Waals surface area contributed by atoms with Crippen LogP contribution in [0.1, 0.15) is 60.1 Å². The number of hydrogen-bond donors (Lipinski definition) is 6. The van der Waals surface area contributed by atoms with Gasteiger partial charge in [-0.05, 0) is 67.6 Å². The quantitative estimate of drug-likeness (QED) is 0.0704. The van der Waals surface area contributed by atoms with Gasteiger partial charge in [-0.25, -0.2) is 0 Å². The molecule has 0 radical (unpaired) electrons. The Morgan fingerprint density at radius 1 is 0.826 bits per heavy atom. The van der Waals surface area contributed by atoms with E-state index in [1.807, 2.05) is 23.1 Å². The van der Waals surface area contributed by atoms with Crippen molar-refractivity contribution in [3.05, 3.63) is 82.7 Å². The fourth-order valence-corrected chi connectivity index (χ4v) is 8.45. The van der Waals surface area contributed by atoms with E-state index in [1.54, 1.807) is 37.8 Å². The van der Waals surface area contributed by atoms with Crippen LogP contribution < -0.4 is 10.1 Å². The number of nitrogens with one attached hydrogen (secondary N) is 1. The Morgan fingerprint density at radius 3 is 2.03 bits per heavy atom. The van der Waals surface area contributed by atoms with Gasteiger partial charge in [0, 0.05) is 89.3 Å². The maximum atomic E-state index is 14.8. The van der Waals surface area contributed by atoms with Crippen LogP contribution in [0, 0.1) is 11.3 Å². The summed E-state index contributed by atoms with van der Waals surface area (Å²) in [5, 5.41) is 61.3. The maximum Gasteiger partial charge on any atom is 0.417 e. The maximum absolute atomic E-state index is 14.8. The lowest BCUT2D eigenvalue weighted by molar-refractivity contribution is -0.145. The van der Waals surface area contributed by atoms with Gasteiger partial charge in [0.15, 0.2) is 6.29 Å². The van der Waals surface area contributed by atoms with Gasteiger partial charge in [-0.1, -0.05) is 42.8 Å². The lowest BCUT2D eigenvalue weighted by atomic mass is 9.97. The number of aliphatic carboxylic acids is 3. The molecular weight excluding hydrogens is 906 g/mol. The summed E-state index contributed by atoms with van der Waals surface area (Å²) in [6, 6.07) is 14.2. The van der Waals surface area contributed by atoms with Crippen molar-refractivity contribution in [1.82, 2.24) is 34.8 Å². The Labute approximate surface area is 398 Å². The van der Waals surface area contributed by atoms with Crippen LogP contribution in [0.3, 0.4) is 0 Å². The smallest absolute Gasteiger partial charge is 0.417 e. The number of aliphatic hydroxyl groups excluding tert-OH is 1. The first-order valence-electron chi connectivity index (χ1n) is 22.9. The Morgan fingerprint density at radius 2 is 1.45 bits per heavy atom. The summed E-state index contributed by atoms with van der Waals surface area (Å²) in [5.41, 5.74) is 0.569. The van der Waals surface area contributed by atoms with Gasteiger partial charge < -0.3 is 35.6 Å². The topological polar surface area (TPSA) is 244 Å². The molecule has 0 bridgehead atoms. The van der Waals surface area contributed by atoms with E-state index in [0.717, 1.165) is 11.6 Å². The van der Waals surface area contributed by atoms with Gasteiger partial charge >= 0.3 is 24.1 Å². The molecule has 1 aromatic heterocycles. The number of aromatic nitrogens is 1. The number of aliphatic hydroxyl groups is 2. The van der Waals surface area contributed by atoms with Crippen molar-refractivity contribution < 1.29 is 62.6 Å². The molecule has 21 heteroatoms. The fraction of sp³-hybridized carbons (Fsp3) is 0.500. The summed E-state index contributed by atoms with van der Waals surface area (Å²) >= 11 is 0. The summed E-state index contributed by atoms with van der Waals surface area (Å²) < 4.78 is 50.7. The molecule has 0 unspecified atom stereocenters. The first-order valence-corrected chi connectivity index (χ1v) is 22.9. The number of carboxylic acid groups (broad SMARTS) is 3. The first kappa shape index (κ1) is 54.0. The fourth-order valence-electron chi connectivity index (χ4n) is 8.45. The van der Waals surface area contributed by atoms with Crippen molar-refractivity contribution in [2.24, 2.45) is 0 Å². The highest BCUT2D eigenvalue weighted by atomic mass is 19.4. The Balaban J connectivity index is 1.28. The number of carboxylic acids is 3. The molecule has 374 valence electrons. The number of halogens is 3. The molecule has 0 spiro atoms. The molecule has 0 saturated carbocycles. The molecule has 18 nitrogen and oxygen atoms in total. The Bertz CT molecular complexity index is 2260. The van der Waals surface area contributed by atoms with Crippen LogP contribution in [0.5, 0.6) is 5.75 Å². The Hall–Kier alpha value is -5.99. The third-order valence-electron chi connectivity index (χ3n) is 12.0. The average molecular weight is 967 g/mol. The number of hydrogen-bond acceptors (Lipinski definition) is 14. The molecule has 2 aliphatic rings. The van der Waals surface area contributed by atoms with Crippen LogP contribution in [0.25, 0.3) is 23.3 Å². The largest absolute Gasteiger partial charge is 0.493 e. The predicted octanol–water partition coefficient (Wildman–Crippen LogP) is 3.23. The van der Waals surface area contributed by atoms with Gasteiger partial charge in [0.1, 0.15) is 17.9 Å². The standard InChI is InChI=1S/C48H61F3N8O10/c49-48(50,51)39-26-36(29-59-16-6-4-10-41(59)47(67)68)42(27-35(39)11-12-40-38(28-52)37(13-15-53-40)34-8-2-1-3-9-34)69-25-7-5-14-54-43(60)30-55-17-19-56(31-44(61)62)21-23-58(33-46(65)66)24-22-57(20-18-55)32-45(63)64/h1-3,8-9,11-13,15,26-27,41,44,61-62H,4-7,10,14,16-25,29-33H2,(H,54,60)(H,63,64)(H,65,66)(H,67,68)/b12-11+/t41-/m0/s1. The number of rotatable bonds is 20. The van der Waals surface area contributed by atoms with Crippen LogP contribution in [0.2, 0.25) is 0 Å². The zero-order valence-corrected chi connectivity index (χ0v) is 38.4. The summed E-state index contributed by atoms with van der Waals surface area (Å²) in [4.78, 5) is 61.4. The highest BCUT2D eigenvalue weighted by Crippen LogP contribution is 2.38. The number of pyridine rings is 1. The molecule has 6 N–H and O–H groups in total. The molecule has 0 aliphatic carbocycles. The molecule has 2 saturated heterocycles. The van der Waals surface area contributed by atoms with Crippen LogP contribution >= 0.6 is 0 Å². The molecule has 3 heterocycles. The number of alkyl halides is 3. The van der Waals surface area contributed by atoms with E-state index in [1.165, 1.54) is 24.4 Å². The van der Waals surface area contributed by atoms with Crippen LogP contribution in [0.4, 0.5) is 13.2 Å². The van der Waals surface area contributed by atoms with Crippen LogP contribution in [0.15, 0.2) is 54.7 Å². The number of benzene rings is 2. The van der Waals surface area contributed by atoms with Gasteiger partial charge in [0.05, 0.1) is 43.1 Å². The van der Waals surface area contributed by atoms with Crippen LogP contribution in [-0.4, -0.2) is 189 Å². The third-order valence-corrected chi connectivity index (χ3v) is 12.0. The average Bonchev–Trinajstić information content (AvgIpc) is 3.30. The van der Waals surface area contributed by atoms with E-state index in [-0.39, 0.29) is 113 Å². The molecule has 2 aromatic carbocycles. The minimum Gasteiger partial charge on any atom is -0.493 e. The highest BCUT2D eigenvalue weighted by molar-refractivity contribution is 5.80. The van der Waals surface area contributed by atoms with E-state index in [0.29, 0.717) is 63.8 Å². The van der Waals surface area contributed by atoms with Crippen molar-refractivity contribution in [2.75, 3.05) is 98.2 Å². The number of carbonyl (C=O) groups is 4. The summed E-state index contributed by atoms with van der Waals surface area (Å²) in [6.07, 6.45) is 0.0946. The van der Waals surface area contributed by atoms with Gasteiger partial charge in [0.2, 0.25) is 5.91 Å². The zero-order chi connectivity index (χ0) is 49.9. The molecule has 1 atom stereocenters. The monoisotopic (exact) mass is 966 g/mol. The van der Waals surface area contributed by atoms with Crippen molar-refractivity contribution >= 4 is 36.0 Å². The molecule has 3 aromatic rings. The van der Waals surface area contributed by atoms with Crippen molar-refractivity contribution in [2.45, 2.75) is 57.2 Å². The van der Waals surface area contributed by atoms with E-state index in [9.17, 15) is 63.1 Å². The molecule has 1 amide bonds. The number of ether oxygens (including phenoxy) is 1. The minimum atomic E-state index is -4.81. The van der Waals surface area contributed by atoms with Crippen molar-refractivity contribution in [3.8, 4) is 22.9 Å². The number of piperidine rings is 1. The van der Waals surface area contributed by atoms with Gasteiger partial charge in [-0.15, -0.1) is 0 Å². The molecule has 5 rings (SSSR count). The number of amides is 1. The number of likely N-dealkylation sites (tertiary alicyclic amines) is 1. The number of nitrogens with zero attached hydrogens (tertiary/aromatic N) is 7. The highest BCUT2D eigenvalue weighted by Gasteiger charge is 2.36.